The zero-order chi connectivity index (χ0) is 20.7. The predicted molar refractivity (Wildman–Crippen MR) is 105 cm³/mol. The fourth-order valence-electron chi connectivity index (χ4n) is 2.66. The Kier molecular flexibility index (Phi) is 5.08. The van der Waals surface area contributed by atoms with Gasteiger partial charge in [0.2, 0.25) is 10.0 Å². The summed E-state index contributed by atoms with van der Waals surface area (Å²) in [7, 11) is -3.11. The third-order valence-electron chi connectivity index (χ3n) is 4.27. The van der Waals surface area contributed by atoms with Crippen LogP contribution in [-0.4, -0.2) is 53.2 Å². The van der Waals surface area contributed by atoms with Crippen LogP contribution in [0.5, 0.6) is 0 Å². The van der Waals surface area contributed by atoms with E-state index in [0.29, 0.717) is 17.9 Å². The molecule has 2 aromatic rings. The molecule has 0 aliphatic carbocycles. The highest BCUT2D eigenvalue weighted by Gasteiger charge is 2.22. The van der Waals surface area contributed by atoms with Gasteiger partial charge in [-0.1, -0.05) is 0 Å². The summed E-state index contributed by atoms with van der Waals surface area (Å²) in [4.78, 5) is 13.1. The summed E-state index contributed by atoms with van der Waals surface area (Å²) in [6.45, 7) is 0.355. The van der Waals surface area contributed by atoms with Crippen LogP contribution in [0.1, 0.15) is 5.56 Å². The summed E-state index contributed by atoms with van der Waals surface area (Å²) >= 11 is 0. The molecule has 0 unspecified atom stereocenters. The van der Waals surface area contributed by atoms with Gasteiger partial charge in [-0.2, -0.15) is 0 Å². The van der Waals surface area contributed by atoms with Crippen molar-refractivity contribution in [1.82, 2.24) is 9.21 Å². The summed E-state index contributed by atoms with van der Waals surface area (Å²) in [6.07, 6.45) is 0. The van der Waals surface area contributed by atoms with E-state index in [4.69, 9.17) is 0 Å². The third-order valence-corrected chi connectivity index (χ3v) is 7.49. The van der Waals surface area contributed by atoms with Crippen LogP contribution < -0.4 is 10.0 Å². The molecule has 0 aromatic heterocycles. The lowest BCUT2D eigenvalue weighted by atomic mass is 10.1. The van der Waals surface area contributed by atoms with Gasteiger partial charge in [-0.15, -0.1) is 0 Å². The van der Waals surface area contributed by atoms with E-state index in [1.165, 1.54) is 43.3 Å². The van der Waals surface area contributed by atoms with Gasteiger partial charge in [0.1, 0.15) is 0 Å². The number of hydrogen-bond acceptors (Lipinski definition) is 5. The Bertz CT molecular complexity index is 1130. The fourth-order valence-corrected chi connectivity index (χ4v) is 4.61. The van der Waals surface area contributed by atoms with Crippen molar-refractivity contribution in [1.29, 1.82) is 0 Å². The van der Waals surface area contributed by atoms with Crippen LogP contribution >= 0.6 is 0 Å². The molecule has 3 rings (SSSR count). The Hall–Kier alpha value is -2.63. The number of hydrogen-bond donors (Lipinski definition) is 2. The van der Waals surface area contributed by atoms with E-state index in [0.717, 1.165) is 9.87 Å². The van der Waals surface area contributed by atoms with Crippen molar-refractivity contribution in [2.24, 2.45) is 0 Å². The van der Waals surface area contributed by atoms with Gasteiger partial charge in [0, 0.05) is 39.1 Å². The summed E-state index contributed by atoms with van der Waals surface area (Å²) in [5.74, 6) is 0. The molecule has 0 saturated carbocycles. The van der Waals surface area contributed by atoms with E-state index < -0.39 is 20.0 Å². The predicted octanol–water partition coefficient (Wildman–Crippen LogP) is 1.71. The number of anilines is 2. The van der Waals surface area contributed by atoms with E-state index in [1.54, 1.807) is 25.2 Å². The number of nitrogens with zero attached hydrogens (tertiary/aromatic N) is 2. The molecule has 1 heterocycles. The van der Waals surface area contributed by atoms with Gasteiger partial charge in [0.25, 0.3) is 10.0 Å². The number of carbonyl (C=O) groups is 1. The minimum absolute atomic E-state index is 0.00371. The Balaban J connectivity index is 1.85. The Morgan fingerprint density at radius 2 is 1.61 bits per heavy atom. The van der Waals surface area contributed by atoms with E-state index >= 15 is 0 Å². The topological polar surface area (TPSA) is 116 Å². The molecule has 0 spiro atoms. The molecule has 2 amide bonds. The number of urea groups is 1. The van der Waals surface area contributed by atoms with E-state index in [2.05, 4.69) is 10.0 Å². The second kappa shape index (κ2) is 7.08. The summed E-state index contributed by atoms with van der Waals surface area (Å²) in [5.41, 5.74) is 1.74. The second-order valence-corrected chi connectivity index (χ2v) is 10.4. The second-order valence-electron chi connectivity index (χ2n) is 6.52. The minimum Gasteiger partial charge on any atom is -0.323 e. The first kappa shape index (κ1) is 20.1. The molecule has 0 bridgehead atoms. The van der Waals surface area contributed by atoms with Crippen molar-refractivity contribution in [2.75, 3.05) is 31.2 Å². The van der Waals surface area contributed by atoms with Crippen LogP contribution in [0, 0.1) is 0 Å². The molecule has 2 aromatic carbocycles. The first-order valence-corrected chi connectivity index (χ1v) is 11.1. The Morgan fingerprint density at radius 3 is 2.21 bits per heavy atom. The van der Waals surface area contributed by atoms with Crippen molar-refractivity contribution < 1.29 is 21.6 Å². The maximum absolute atomic E-state index is 12.6. The quantitative estimate of drug-likeness (QED) is 0.758. The molecule has 0 fully saturated rings. The number of amides is 2. The molecular weight excluding hydrogens is 404 g/mol. The van der Waals surface area contributed by atoms with Gasteiger partial charge in [-0.25, -0.2) is 25.9 Å². The third kappa shape index (κ3) is 3.81. The number of sulfonamides is 2. The van der Waals surface area contributed by atoms with Crippen LogP contribution in [0.15, 0.2) is 52.3 Å². The molecule has 150 valence electrons. The summed E-state index contributed by atoms with van der Waals surface area (Å²) in [5, 5.41) is 2.71. The zero-order valence-corrected chi connectivity index (χ0v) is 17.1. The number of benzene rings is 2. The fraction of sp³-hybridized carbons (Fsp3) is 0.235. The lowest BCUT2D eigenvalue weighted by Crippen LogP contribution is -2.35. The van der Waals surface area contributed by atoms with Crippen LogP contribution in [0.4, 0.5) is 16.2 Å². The highest BCUT2D eigenvalue weighted by Crippen LogP contribution is 2.27. The Morgan fingerprint density at radius 1 is 1.00 bits per heavy atom. The minimum atomic E-state index is -3.91. The number of fused-ring (bicyclic) bond motifs is 1. The first-order valence-electron chi connectivity index (χ1n) is 8.21. The average Bonchev–Trinajstić information content (AvgIpc) is 2.62. The monoisotopic (exact) mass is 424 g/mol. The van der Waals surface area contributed by atoms with Gasteiger partial charge in [0.15, 0.2) is 0 Å². The molecule has 1 aliphatic heterocycles. The van der Waals surface area contributed by atoms with Gasteiger partial charge < -0.3 is 10.2 Å². The zero-order valence-electron chi connectivity index (χ0n) is 15.5. The summed E-state index contributed by atoms with van der Waals surface area (Å²) in [6, 6.07) is 9.58. The van der Waals surface area contributed by atoms with Gasteiger partial charge in [-0.05, 0) is 48.0 Å². The molecule has 0 saturated heterocycles. The highest BCUT2D eigenvalue weighted by atomic mass is 32.2. The van der Waals surface area contributed by atoms with Crippen LogP contribution in [0.2, 0.25) is 0 Å². The van der Waals surface area contributed by atoms with Crippen LogP contribution in [-0.2, 0) is 26.6 Å². The normalized spacial score (nSPS) is 14.6. The number of carbonyl (C=O) groups excluding carboxylic acids is 1. The van der Waals surface area contributed by atoms with E-state index in [-0.39, 0.29) is 15.8 Å². The molecule has 9 nitrogen and oxygen atoms in total. The standard InChI is InChI=1S/C17H20N4O5S2/c1-20(2)28(25,26)15-7-5-14(6-8-15)27(23,24)19-13-4-9-16-12(10-13)11-21(3)17(22)18-16/h4-10,19H,11H2,1-3H3,(H,18,22). The number of rotatable bonds is 5. The van der Waals surface area contributed by atoms with E-state index in [9.17, 15) is 21.6 Å². The van der Waals surface area contributed by atoms with Gasteiger partial charge in [0.05, 0.1) is 9.79 Å². The maximum atomic E-state index is 12.6. The molecule has 11 heteroatoms. The van der Waals surface area contributed by atoms with Gasteiger partial charge in [-0.3, -0.25) is 4.72 Å². The average molecular weight is 425 g/mol. The van der Waals surface area contributed by atoms with Crippen molar-refractivity contribution in [3.05, 3.63) is 48.0 Å². The van der Waals surface area contributed by atoms with E-state index in [1.807, 2.05) is 0 Å². The highest BCUT2D eigenvalue weighted by molar-refractivity contribution is 7.92. The maximum Gasteiger partial charge on any atom is 0.321 e. The SMILES string of the molecule is CN1Cc2cc(NS(=O)(=O)c3ccc(S(=O)(=O)N(C)C)cc3)ccc2NC1=O. The van der Waals surface area contributed by atoms with Crippen molar-refractivity contribution >= 4 is 37.5 Å². The van der Waals surface area contributed by atoms with Crippen molar-refractivity contribution in [3.63, 3.8) is 0 Å². The lowest BCUT2D eigenvalue weighted by molar-refractivity contribution is 0.218. The summed E-state index contributed by atoms with van der Waals surface area (Å²) < 4.78 is 53.0. The van der Waals surface area contributed by atoms with Gasteiger partial charge >= 0.3 is 6.03 Å². The van der Waals surface area contributed by atoms with Crippen LogP contribution in [0.3, 0.4) is 0 Å². The first-order chi connectivity index (χ1) is 13.0. The molecule has 1 aliphatic rings. The van der Waals surface area contributed by atoms with Crippen molar-refractivity contribution in [2.45, 2.75) is 16.3 Å². The Labute approximate surface area is 164 Å². The molecule has 2 N–H and O–H groups in total. The smallest absolute Gasteiger partial charge is 0.321 e. The van der Waals surface area contributed by atoms with Crippen LogP contribution in [0.25, 0.3) is 0 Å². The molecule has 28 heavy (non-hydrogen) atoms. The number of nitrogens with one attached hydrogen (secondary N) is 2. The molecular formula is C17H20N4O5S2. The molecule has 0 atom stereocenters. The molecule has 0 radical (unpaired) electrons. The largest absolute Gasteiger partial charge is 0.323 e. The lowest BCUT2D eigenvalue weighted by Gasteiger charge is -2.26. The van der Waals surface area contributed by atoms with Crippen molar-refractivity contribution in [3.8, 4) is 0 Å².